The third kappa shape index (κ3) is 2.82. The van der Waals surface area contributed by atoms with Gasteiger partial charge in [-0.15, -0.1) is 0 Å². The minimum absolute atomic E-state index is 0.189. The highest BCUT2D eigenvalue weighted by atomic mass is 16.4. The SMILES string of the molecule is O=C(O)C1CCCN(CCn2cccn2)C1. The summed E-state index contributed by atoms with van der Waals surface area (Å²) in [4.78, 5) is 13.1. The average Bonchev–Trinajstić information content (AvgIpc) is 2.79. The summed E-state index contributed by atoms with van der Waals surface area (Å²) in [5.74, 6) is -0.852. The lowest BCUT2D eigenvalue weighted by molar-refractivity contribution is -0.143. The van der Waals surface area contributed by atoms with Gasteiger partial charge in [0, 0.05) is 25.5 Å². The molecule has 5 nitrogen and oxygen atoms in total. The van der Waals surface area contributed by atoms with Crippen molar-refractivity contribution in [2.24, 2.45) is 5.92 Å². The summed E-state index contributed by atoms with van der Waals surface area (Å²) >= 11 is 0. The fourth-order valence-electron chi connectivity index (χ4n) is 2.14. The van der Waals surface area contributed by atoms with Crippen LogP contribution in [0.2, 0.25) is 0 Å². The predicted octanol–water partition coefficient (Wildman–Crippen LogP) is 0.680. The van der Waals surface area contributed by atoms with Crippen molar-refractivity contribution >= 4 is 5.97 Å². The van der Waals surface area contributed by atoms with Crippen molar-refractivity contribution in [3.63, 3.8) is 0 Å². The Kier molecular flexibility index (Phi) is 3.56. The standard InChI is InChI=1S/C11H17N3O2/c15-11(16)10-3-1-5-13(9-10)7-8-14-6-2-4-12-14/h2,4,6,10H,1,3,5,7-9H2,(H,15,16). The number of carbonyl (C=O) groups is 1. The number of aliphatic carboxylic acids is 1. The number of carboxylic acid groups (broad SMARTS) is 1. The summed E-state index contributed by atoms with van der Waals surface area (Å²) in [6.07, 6.45) is 5.48. The molecule has 1 atom stereocenters. The van der Waals surface area contributed by atoms with Crippen LogP contribution in [-0.2, 0) is 11.3 Å². The van der Waals surface area contributed by atoms with Crippen LogP contribution >= 0.6 is 0 Å². The molecule has 2 rings (SSSR count). The molecule has 0 aliphatic carbocycles. The lowest BCUT2D eigenvalue weighted by Gasteiger charge is -2.30. The smallest absolute Gasteiger partial charge is 0.307 e. The molecule has 0 spiro atoms. The number of nitrogens with zero attached hydrogens (tertiary/aromatic N) is 3. The zero-order valence-electron chi connectivity index (χ0n) is 9.25. The number of carboxylic acids is 1. The Morgan fingerprint density at radius 2 is 2.38 bits per heavy atom. The number of rotatable bonds is 4. The van der Waals surface area contributed by atoms with E-state index in [-0.39, 0.29) is 5.92 Å². The molecule has 2 heterocycles. The normalized spacial score (nSPS) is 22.1. The zero-order chi connectivity index (χ0) is 11.4. The number of piperidine rings is 1. The highest BCUT2D eigenvalue weighted by Gasteiger charge is 2.24. The average molecular weight is 223 g/mol. The van der Waals surface area contributed by atoms with E-state index < -0.39 is 5.97 Å². The molecule has 5 heteroatoms. The van der Waals surface area contributed by atoms with Crippen LogP contribution in [0.1, 0.15) is 12.8 Å². The molecule has 1 aliphatic rings. The number of hydrogen-bond acceptors (Lipinski definition) is 3. The number of aromatic nitrogens is 2. The van der Waals surface area contributed by atoms with Gasteiger partial charge in [0.25, 0.3) is 0 Å². The van der Waals surface area contributed by atoms with Gasteiger partial charge in [0.2, 0.25) is 0 Å². The highest BCUT2D eigenvalue weighted by Crippen LogP contribution is 2.16. The first kappa shape index (κ1) is 11.1. The fourth-order valence-corrected chi connectivity index (χ4v) is 2.14. The largest absolute Gasteiger partial charge is 0.481 e. The molecular weight excluding hydrogens is 206 g/mol. The van der Waals surface area contributed by atoms with Gasteiger partial charge in [-0.2, -0.15) is 5.10 Å². The van der Waals surface area contributed by atoms with E-state index in [1.165, 1.54) is 0 Å². The summed E-state index contributed by atoms with van der Waals surface area (Å²) in [6, 6.07) is 1.90. The molecule has 0 saturated carbocycles. The van der Waals surface area contributed by atoms with Gasteiger partial charge >= 0.3 is 5.97 Å². The van der Waals surface area contributed by atoms with Crippen molar-refractivity contribution in [2.45, 2.75) is 19.4 Å². The third-order valence-electron chi connectivity index (χ3n) is 3.06. The summed E-state index contributed by atoms with van der Waals surface area (Å²) < 4.78 is 1.88. The third-order valence-corrected chi connectivity index (χ3v) is 3.06. The van der Waals surface area contributed by atoms with Crippen LogP contribution in [0.15, 0.2) is 18.5 Å². The maximum absolute atomic E-state index is 10.9. The Bertz CT molecular complexity index is 337. The second-order valence-electron chi connectivity index (χ2n) is 4.25. The van der Waals surface area contributed by atoms with Gasteiger partial charge in [0.15, 0.2) is 0 Å². The van der Waals surface area contributed by atoms with Gasteiger partial charge in [0.05, 0.1) is 12.5 Å². The fraction of sp³-hybridized carbons (Fsp3) is 0.636. The van der Waals surface area contributed by atoms with Crippen LogP contribution < -0.4 is 0 Å². The molecule has 0 radical (unpaired) electrons. The van der Waals surface area contributed by atoms with Crippen molar-refractivity contribution in [2.75, 3.05) is 19.6 Å². The Morgan fingerprint density at radius 1 is 1.50 bits per heavy atom. The summed E-state index contributed by atoms with van der Waals surface area (Å²) in [7, 11) is 0. The van der Waals surface area contributed by atoms with Crippen LogP contribution in [0.25, 0.3) is 0 Å². The van der Waals surface area contributed by atoms with E-state index >= 15 is 0 Å². The molecule has 1 saturated heterocycles. The molecule has 1 aromatic rings. The Labute approximate surface area is 94.7 Å². The van der Waals surface area contributed by atoms with Crippen molar-refractivity contribution < 1.29 is 9.90 Å². The van der Waals surface area contributed by atoms with Crippen molar-refractivity contribution in [1.82, 2.24) is 14.7 Å². The molecule has 88 valence electrons. The van der Waals surface area contributed by atoms with E-state index in [2.05, 4.69) is 10.00 Å². The van der Waals surface area contributed by atoms with Crippen molar-refractivity contribution in [3.05, 3.63) is 18.5 Å². The Balaban J connectivity index is 1.79. The molecule has 1 fully saturated rings. The van der Waals surface area contributed by atoms with E-state index in [0.717, 1.165) is 32.5 Å². The van der Waals surface area contributed by atoms with Gasteiger partial charge in [-0.1, -0.05) is 0 Å². The molecule has 16 heavy (non-hydrogen) atoms. The van der Waals surface area contributed by atoms with Crippen molar-refractivity contribution in [3.8, 4) is 0 Å². The van der Waals surface area contributed by atoms with E-state index in [4.69, 9.17) is 5.11 Å². The van der Waals surface area contributed by atoms with Gasteiger partial charge < -0.3 is 10.0 Å². The first-order valence-corrected chi connectivity index (χ1v) is 5.68. The first-order valence-electron chi connectivity index (χ1n) is 5.68. The molecular formula is C11H17N3O2. The second kappa shape index (κ2) is 5.12. The van der Waals surface area contributed by atoms with E-state index in [1.807, 2.05) is 16.9 Å². The number of hydrogen-bond donors (Lipinski definition) is 1. The minimum Gasteiger partial charge on any atom is -0.481 e. The van der Waals surface area contributed by atoms with Crippen LogP contribution in [0.4, 0.5) is 0 Å². The maximum Gasteiger partial charge on any atom is 0.307 e. The van der Waals surface area contributed by atoms with Gasteiger partial charge in [0.1, 0.15) is 0 Å². The lowest BCUT2D eigenvalue weighted by atomic mass is 9.98. The summed E-state index contributed by atoms with van der Waals surface area (Å²) in [5.41, 5.74) is 0. The quantitative estimate of drug-likeness (QED) is 0.815. The molecule has 1 N–H and O–H groups in total. The summed E-state index contributed by atoms with van der Waals surface area (Å²) in [6.45, 7) is 3.40. The highest BCUT2D eigenvalue weighted by molar-refractivity contribution is 5.70. The zero-order valence-corrected chi connectivity index (χ0v) is 9.25. The Morgan fingerprint density at radius 3 is 3.06 bits per heavy atom. The number of likely N-dealkylation sites (tertiary alicyclic amines) is 1. The molecule has 0 bridgehead atoms. The molecule has 0 aromatic carbocycles. The Hall–Kier alpha value is -1.36. The van der Waals surface area contributed by atoms with Gasteiger partial charge in [-0.3, -0.25) is 9.48 Å². The first-order chi connectivity index (χ1) is 7.75. The van der Waals surface area contributed by atoms with Crippen molar-refractivity contribution in [1.29, 1.82) is 0 Å². The van der Waals surface area contributed by atoms with E-state index in [1.54, 1.807) is 6.20 Å². The maximum atomic E-state index is 10.9. The topological polar surface area (TPSA) is 58.4 Å². The van der Waals surface area contributed by atoms with Crippen LogP contribution in [-0.4, -0.2) is 45.4 Å². The molecule has 0 amide bonds. The van der Waals surface area contributed by atoms with Gasteiger partial charge in [-0.05, 0) is 25.5 Å². The summed E-state index contributed by atoms with van der Waals surface area (Å²) in [5, 5.41) is 13.1. The predicted molar refractivity (Wildman–Crippen MR) is 59.0 cm³/mol. The molecule has 1 unspecified atom stereocenters. The van der Waals surface area contributed by atoms with E-state index in [0.29, 0.717) is 6.54 Å². The van der Waals surface area contributed by atoms with Crippen LogP contribution in [0, 0.1) is 5.92 Å². The second-order valence-corrected chi connectivity index (χ2v) is 4.25. The van der Waals surface area contributed by atoms with Crippen LogP contribution in [0.3, 0.4) is 0 Å². The van der Waals surface area contributed by atoms with E-state index in [9.17, 15) is 4.79 Å². The van der Waals surface area contributed by atoms with Gasteiger partial charge in [-0.25, -0.2) is 0 Å². The monoisotopic (exact) mass is 223 g/mol. The lowest BCUT2D eigenvalue weighted by Crippen LogP contribution is -2.40. The minimum atomic E-state index is -0.663. The van der Waals surface area contributed by atoms with Crippen LogP contribution in [0.5, 0.6) is 0 Å². The molecule has 1 aliphatic heterocycles. The molecule has 1 aromatic heterocycles.